The lowest BCUT2D eigenvalue weighted by atomic mass is 10.2. The fraction of sp³-hybridized carbons (Fsp3) is 0.538. The van der Waals surface area contributed by atoms with Gasteiger partial charge in [0.2, 0.25) is 0 Å². The van der Waals surface area contributed by atoms with Crippen LogP contribution in [-0.4, -0.2) is 30.2 Å². The van der Waals surface area contributed by atoms with Gasteiger partial charge in [-0.2, -0.15) is 0 Å². The normalized spacial score (nSPS) is 11.1. The maximum Gasteiger partial charge on any atom is 0.128 e. The van der Waals surface area contributed by atoms with Gasteiger partial charge in [0.25, 0.3) is 0 Å². The van der Waals surface area contributed by atoms with Crippen LogP contribution < -0.4 is 0 Å². The molecule has 96 valence electrons. The molecule has 0 saturated heterocycles. The van der Waals surface area contributed by atoms with Crippen molar-refractivity contribution in [2.75, 3.05) is 20.2 Å². The number of hydrogen-bond acceptors (Lipinski definition) is 2. The number of rotatable bonds is 7. The van der Waals surface area contributed by atoms with Crippen LogP contribution in [0.25, 0.3) is 0 Å². The average molecular weight is 304 g/mol. The van der Waals surface area contributed by atoms with E-state index in [1.54, 1.807) is 0 Å². The molecule has 0 atom stereocenters. The van der Waals surface area contributed by atoms with E-state index in [2.05, 4.69) is 20.8 Å². The molecule has 1 N–H and O–H groups in total. The van der Waals surface area contributed by atoms with Crippen LogP contribution in [0.15, 0.2) is 22.7 Å². The summed E-state index contributed by atoms with van der Waals surface area (Å²) in [7, 11) is 1.99. The largest absolute Gasteiger partial charge is 0.396 e. The van der Waals surface area contributed by atoms with Crippen LogP contribution in [0.3, 0.4) is 0 Å². The Hall–Kier alpha value is -0.450. The lowest BCUT2D eigenvalue weighted by Gasteiger charge is -2.17. The second-order valence-corrected chi connectivity index (χ2v) is 5.17. The van der Waals surface area contributed by atoms with Crippen molar-refractivity contribution in [3.05, 3.63) is 34.1 Å². The molecule has 0 saturated carbocycles. The molecule has 0 unspecified atom stereocenters. The van der Waals surface area contributed by atoms with Gasteiger partial charge in [-0.15, -0.1) is 0 Å². The van der Waals surface area contributed by atoms with Crippen molar-refractivity contribution in [2.24, 2.45) is 0 Å². The number of aliphatic hydroxyl groups excluding tert-OH is 1. The molecule has 0 aliphatic carbocycles. The first-order valence-corrected chi connectivity index (χ1v) is 6.66. The highest BCUT2D eigenvalue weighted by Crippen LogP contribution is 2.16. The van der Waals surface area contributed by atoms with Gasteiger partial charge in [-0.3, -0.25) is 0 Å². The highest BCUT2D eigenvalue weighted by Gasteiger charge is 2.05. The zero-order valence-corrected chi connectivity index (χ0v) is 11.7. The van der Waals surface area contributed by atoms with E-state index in [1.807, 2.05) is 19.2 Å². The smallest absolute Gasteiger partial charge is 0.128 e. The predicted molar refractivity (Wildman–Crippen MR) is 71.4 cm³/mol. The van der Waals surface area contributed by atoms with Crippen molar-refractivity contribution in [1.29, 1.82) is 0 Å². The molecular formula is C13H19BrFNO. The molecule has 0 bridgehead atoms. The van der Waals surface area contributed by atoms with E-state index in [-0.39, 0.29) is 12.4 Å². The van der Waals surface area contributed by atoms with Crippen LogP contribution in [0, 0.1) is 5.82 Å². The molecule has 0 amide bonds. The van der Waals surface area contributed by atoms with Crippen LogP contribution in [0.1, 0.15) is 24.8 Å². The SMILES string of the molecule is CN(CCCCCO)Cc1ccc(Br)cc1F. The van der Waals surface area contributed by atoms with Crippen molar-refractivity contribution < 1.29 is 9.50 Å². The average Bonchev–Trinajstić information content (AvgIpc) is 2.28. The monoisotopic (exact) mass is 303 g/mol. The molecule has 0 heterocycles. The van der Waals surface area contributed by atoms with Gasteiger partial charge in [0.1, 0.15) is 5.82 Å². The van der Waals surface area contributed by atoms with Crippen LogP contribution in [0.4, 0.5) is 4.39 Å². The molecule has 0 spiro atoms. The molecule has 0 fully saturated rings. The third kappa shape index (κ3) is 5.61. The molecule has 0 aliphatic rings. The molecule has 1 aromatic carbocycles. The molecule has 17 heavy (non-hydrogen) atoms. The summed E-state index contributed by atoms with van der Waals surface area (Å²) in [5.41, 5.74) is 0.720. The lowest BCUT2D eigenvalue weighted by molar-refractivity contribution is 0.270. The number of nitrogens with zero attached hydrogens (tertiary/aromatic N) is 1. The van der Waals surface area contributed by atoms with Gasteiger partial charge in [-0.05, 0) is 45.0 Å². The third-order valence-corrected chi connectivity index (χ3v) is 3.15. The van der Waals surface area contributed by atoms with E-state index in [4.69, 9.17) is 5.11 Å². The fourth-order valence-electron chi connectivity index (χ4n) is 1.69. The molecule has 0 aromatic heterocycles. The summed E-state index contributed by atoms with van der Waals surface area (Å²) in [5, 5.41) is 8.66. The maximum atomic E-state index is 13.6. The Bertz CT molecular complexity index is 346. The van der Waals surface area contributed by atoms with Crippen LogP contribution in [0.2, 0.25) is 0 Å². The van der Waals surface area contributed by atoms with Crippen molar-refractivity contribution >= 4 is 15.9 Å². The van der Waals surface area contributed by atoms with E-state index < -0.39 is 0 Å². The topological polar surface area (TPSA) is 23.5 Å². The van der Waals surface area contributed by atoms with Crippen molar-refractivity contribution in [1.82, 2.24) is 4.90 Å². The zero-order valence-electron chi connectivity index (χ0n) is 10.1. The minimum absolute atomic E-state index is 0.165. The Balaban J connectivity index is 2.37. The number of halogens is 2. The van der Waals surface area contributed by atoms with E-state index in [0.29, 0.717) is 6.54 Å². The van der Waals surface area contributed by atoms with Crippen LogP contribution >= 0.6 is 15.9 Å². The van der Waals surface area contributed by atoms with E-state index in [0.717, 1.165) is 35.8 Å². The summed E-state index contributed by atoms with van der Waals surface area (Å²) >= 11 is 3.24. The summed E-state index contributed by atoms with van der Waals surface area (Å²) in [6, 6.07) is 5.16. The van der Waals surface area contributed by atoms with Gasteiger partial charge in [0.15, 0.2) is 0 Å². The number of benzene rings is 1. The molecule has 0 radical (unpaired) electrons. The number of hydrogen-bond donors (Lipinski definition) is 1. The van der Waals surface area contributed by atoms with Crippen molar-refractivity contribution in [2.45, 2.75) is 25.8 Å². The fourth-order valence-corrected chi connectivity index (χ4v) is 2.02. The minimum Gasteiger partial charge on any atom is -0.396 e. The van der Waals surface area contributed by atoms with Gasteiger partial charge in [-0.25, -0.2) is 4.39 Å². The second-order valence-electron chi connectivity index (χ2n) is 4.26. The first kappa shape index (κ1) is 14.6. The quantitative estimate of drug-likeness (QED) is 0.782. The lowest BCUT2D eigenvalue weighted by Crippen LogP contribution is -2.19. The Morgan fingerprint density at radius 1 is 1.29 bits per heavy atom. The van der Waals surface area contributed by atoms with Gasteiger partial charge in [0.05, 0.1) is 0 Å². The second kappa shape index (κ2) is 7.80. The highest BCUT2D eigenvalue weighted by molar-refractivity contribution is 9.10. The van der Waals surface area contributed by atoms with Crippen molar-refractivity contribution in [3.8, 4) is 0 Å². The van der Waals surface area contributed by atoms with Gasteiger partial charge < -0.3 is 10.0 Å². The Morgan fingerprint density at radius 2 is 2.06 bits per heavy atom. The first-order valence-electron chi connectivity index (χ1n) is 5.87. The summed E-state index contributed by atoms with van der Waals surface area (Å²) in [5.74, 6) is -0.165. The Morgan fingerprint density at radius 3 is 2.71 bits per heavy atom. The molecule has 1 rings (SSSR count). The standard InChI is InChI=1S/C13H19BrFNO/c1-16(7-3-2-4-8-17)10-11-5-6-12(14)9-13(11)15/h5-6,9,17H,2-4,7-8,10H2,1H3. The molecule has 4 heteroatoms. The zero-order chi connectivity index (χ0) is 12.7. The van der Waals surface area contributed by atoms with Crippen molar-refractivity contribution in [3.63, 3.8) is 0 Å². The third-order valence-electron chi connectivity index (χ3n) is 2.65. The molecule has 2 nitrogen and oxygen atoms in total. The summed E-state index contributed by atoms with van der Waals surface area (Å²) in [4.78, 5) is 2.10. The van der Waals surface area contributed by atoms with Gasteiger partial charge >= 0.3 is 0 Å². The number of unbranched alkanes of at least 4 members (excludes halogenated alkanes) is 2. The minimum atomic E-state index is -0.165. The van der Waals surface area contributed by atoms with E-state index in [1.165, 1.54) is 6.07 Å². The first-order chi connectivity index (χ1) is 8.13. The summed E-state index contributed by atoms with van der Waals surface area (Å²) in [6.45, 7) is 1.80. The molecule has 0 aliphatic heterocycles. The Labute approximate surface area is 111 Å². The van der Waals surface area contributed by atoms with Crippen LogP contribution in [0.5, 0.6) is 0 Å². The molecular weight excluding hydrogens is 285 g/mol. The maximum absolute atomic E-state index is 13.6. The van der Waals surface area contributed by atoms with E-state index in [9.17, 15) is 4.39 Å². The van der Waals surface area contributed by atoms with Crippen LogP contribution in [-0.2, 0) is 6.54 Å². The number of aliphatic hydroxyl groups is 1. The van der Waals surface area contributed by atoms with Gasteiger partial charge in [0, 0.05) is 23.2 Å². The van der Waals surface area contributed by atoms with Gasteiger partial charge in [-0.1, -0.05) is 22.0 Å². The predicted octanol–water partition coefficient (Wildman–Crippen LogP) is 3.18. The molecule has 1 aromatic rings. The van der Waals surface area contributed by atoms with E-state index >= 15 is 0 Å². The Kier molecular flexibility index (Phi) is 6.70. The highest BCUT2D eigenvalue weighted by atomic mass is 79.9. The summed E-state index contributed by atoms with van der Waals surface area (Å²) in [6.07, 6.45) is 2.90. The summed E-state index contributed by atoms with van der Waals surface area (Å²) < 4.78 is 14.3.